The van der Waals surface area contributed by atoms with Crippen LogP contribution in [-0.4, -0.2) is 45.2 Å². The van der Waals surface area contributed by atoms with Crippen LogP contribution in [0.2, 0.25) is 0 Å². The molecule has 1 amide bonds. The Bertz CT molecular complexity index is 776. The first kappa shape index (κ1) is 19.0. The van der Waals surface area contributed by atoms with Crippen LogP contribution in [-0.2, 0) is 4.79 Å². The van der Waals surface area contributed by atoms with Crippen molar-refractivity contribution in [1.29, 1.82) is 0 Å². The van der Waals surface area contributed by atoms with E-state index in [1.165, 1.54) is 0 Å². The Balaban J connectivity index is 1.70. The van der Waals surface area contributed by atoms with Crippen molar-refractivity contribution in [2.75, 3.05) is 39.7 Å². The van der Waals surface area contributed by atoms with Crippen LogP contribution in [0.15, 0.2) is 42.5 Å². The maximum Gasteiger partial charge on any atom is 0.238 e. The average molecular weight is 370 g/mol. The number of nitrogens with zero attached hydrogens (tertiary/aromatic N) is 1. The number of benzene rings is 2. The molecule has 2 aromatic carbocycles. The molecule has 0 spiro atoms. The summed E-state index contributed by atoms with van der Waals surface area (Å²) in [5.41, 5.74) is 1.82. The molecule has 1 heterocycles. The SMILES string of the molecule is COc1ccc(NC(=O)CN2CCC[C@H]2c2cc(OC)ccc2OC)cc1. The van der Waals surface area contributed by atoms with Crippen molar-refractivity contribution in [3.63, 3.8) is 0 Å². The molecule has 6 nitrogen and oxygen atoms in total. The Morgan fingerprint density at radius 3 is 2.41 bits per heavy atom. The van der Waals surface area contributed by atoms with E-state index in [0.29, 0.717) is 6.54 Å². The minimum Gasteiger partial charge on any atom is -0.497 e. The number of nitrogens with one attached hydrogen (secondary N) is 1. The van der Waals surface area contributed by atoms with Gasteiger partial charge in [-0.3, -0.25) is 9.69 Å². The zero-order valence-corrected chi connectivity index (χ0v) is 16.0. The van der Waals surface area contributed by atoms with Crippen molar-refractivity contribution < 1.29 is 19.0 Å². The van der Waals surface area contributed by atoms with Gasteiger partial charge in [0.2, 0.25) is 5.91 Å². The first-order chi connectivity index (χ1) is 13.1. The van der Waals surface area contributed by atoms with E-state index in [-0.39, 0.29) is 11.9 Å². The molecule has 27 heavy (non-hydrogen) atoms. The maximum absolute atomic E-state index is 12.5. The van der Waals surface area contributed by atoms with Crippen LogP contribution >= 0.6 is 0 Å². The van der Waals surface area contributed by atoms with E-state index < -0.39 is 0 Å². The highest BCUT2D eigenvalue weighted by molar-refractivity contribution is 5.92. The molecular formula is C21H26N2O4. The van der Waals surface area contributed by atoms with Crippen LogP contribution in [0.5, 0.6) is 17.2 Å². The summed E-state index contributed by atoms with van der Waals surface area (Å²) in [4.78, 5) is 14.7. The Hall–Kier alpha value is -2.73. The second-order valence-electron chi connectivity index (χ2n) is 6.51. The molecule has 1 saturated heterocycles. The Morgan fingerprint density at radius 1 is 1.04 bits per heavy atom. The molecule has 0 bridgehead atoms. The molecule has 1 aliphatic heterocycles. The molecule has 144 valence electrons. The summed E-state index contributed by atoms with van der Waals surface area (Å²) in [6.07, 6.45) is 2.03. The molecule has 1 N–H and O–H groups in total. The second-order valence-corrected chi connectivity index (χ2v) is 6.51. The number of amides is 1. The molecule has 0 aromatic heterocycles. The van der Waals surface area contributed by atoms with Crippen molar-refractivity contribution in [2.24, 2.45) is 0 Å². The zero-order valence-electron chi connectivity index (χ0n) is 16.0. The van der Waals surface area contributed by atoms with Gasteiger partial charge >= 0.3 is 0 Å². The molecule has 0 radical (unpaired) electrons. The fraction of sp³-hybridized carbons (Fsp3) is 0.381. The van der Waals surface area contributed by atoms with E-state index in [1.807, 2.05) is 42.5 Å². The topological polar surface area (TPSA) is 60.0 Å². The number of ether oxygens (including phenoxy) is 3. The average Bonchev–Trinajstić information content (AvgIpc) is 3.15. The molecule has 6 heteroatoms. The highest BCUT2D eigenvalue weighted by Crippen LogP contribution is 2.38. The largest absolute Gasteiger partial charge is 0.497 e. The van der Waals surface area contributed by atoms with Gasteiger partial charge in [-0.15, -0.1) is 0 Å². The lowest BCUT2D eigenvalue weighted by Gasteiger charge is -2.26. The van der Waals surface area contributed by atoms with Crippen LogP contribution < -0.4 is 19.5 Å². The molecule has 3 rings (SSSR count). The van der Waals surface area contributed by atoms with E-state index >= 15 is 0 Å². The summed E-state index contributed by atoms with van der Waals surface area (Å²) in [6, 6.07) is 13.3. The van der Waals surface area contributed by atoms with Crippen molar-refractivity contribution in [1.82, 2.24) is 4.90 Å². The van der Waals surface area contributed by atoms with Gasteiger partial charge < -0.3 is 19.5 Å². The maximum atomic E-state index is 12.5. The van der Waals surface area contributed by atoms with Gasteiger partial charge in [0, 0.05) is 17.3 Å². The van der Waals surface area contributed by atoms with Gasteiger partial charge in [0.15, 0.2) is 0 Å². The standard InChI is InChI=1S/C21H26N2O4/c1-25-16-8-6-15(7-9-16)22-21(24)14-23-12-4-5-19(23)18-13-17(26-2)10-11-20(18)27-3/h6-11,13,19H,4-5,12,14H2,1-3H3,(H,22,24)/t19-/m0/s1. The second kappa shape index (κ2) is 8.77. The number of hydrogen-bond acceptors (Lipinski definition) is 5. The van der Waals surface area contributed by atoms with Crippen molar-refractivity contribution >= 4 is 11.6 Å². The first-order valence-corrected chi connectivity index (χ1v) is 9.04. The van der Waals surface area contributed by atoms with E-state index in [0.717, 1.165) is 47.9 Å². The lowest BCUT2D eigenvalue weighted by Crippen LogP contribution is -2.33. The molecule has 0 aliphatic carbocycles. The molecule has 1 aliphatic rings. The Labute approximate surface area is 160 Å². The summed E-state index contributed by atoms with van der Waals surface area (Å²) in [5, 5.41) is 2.95. The van der Waals surface area contributed by atoms with E-state index in [2.05, 4.69) is 10.2 Å². The summed E-state index contributed by atoms with van der Waals surface area (Å²) in [7, 11) is 4.94. The molecule has 1 fully saturated rings. The van der Waals surface area contributed by atoms with Gasteiger partial charge in [-0.1, -0.05) is 0 Å². The van der Waals surface area contributed by atoms with Gasteiger partial charge in [0.25, 0.3) is 0 Å². The molecule has 0 saturated carbocycles. The number of hydrogen-bond donors (Lipinski definition) is 1. The van der Waals surface area contributed by atoms with Crippen molar-refractivity contribution in [3.05, 3.63) is 48.0 Å². The van der Waals surface area contributed by atoms with E-state index in [1.54, 1.807) is 21.3 Å². The zero-order chi connectivity index (χ0) is 19.2. The fourth-order valence-corrected chi connectivity index (χ4v) is 3.53. The highest BCUT2D eigenvalue weighted by Gasteiger charge is 2.30. The summed E-state index contributed by atoms with van der Waals surface area (Å²) in [6.45, 7) is 1.21. The lowest BCUT2D eigenvalue weighted by molar-refractivity contribution is -0.117. The van der Waals surface area contributed by atoms with Crippen molar-refractivity contribution in [2.45, 2.75) is 18.9 Å². The van der Waals surface area contributed by atoms with Crippen LogP contribution in [0.4, 0.5) is 5.69 Å². The van der Waals surface area contributed by atoms with Gasteiger partial charge in [-0.25, -0.2) is 0 Å². The Kier molecular flexibility index (Phi) is 6.19. The monoisotopic (exact) mass is 370 g/mol. The van der Waals surface area contributed by atoms with Crippen LogP contribution in [0.3, 0.4) is 0 Å². The number of methoxy groups -OCH3 is 3. The van der Waals surface area contributed by atoms with Crippen LogP contribution in [0.25, 0.3) is 0 Å². The number of carbonyl (C=O) groups excluding carboxylic acids is 1. The predicted octanol–water partition coefficient (Wildman–Crippen LogP) is 3.49. The third kappa shape index (κ3) is 4.52. The molecule has 0 unspecified atom stereocenters. The molecule has 2 aromatic rings. The summed E-state index contributed by atoms with van der Waals surface area (Å²) in [5.74, 6) is 2.34. The smallest absolute Gasteiger partial charge is 0.238 e. The third-order valence-corrected chi connectivity index (χ3v) is 4.88. The van der Waals surface area contributed by atoms with Crippen molar-refractivity contribution in [3.8, 4) is 17.2 Å². The highest BCUT2D eigenvalue weighted by atomic mass is 16.5. The normalized spacial score (nSPS) is 16.8. The number of carbonyl (C=O) groups is 1. The third-order valence-electron chi connectivity index (χ3n) is 4.88. The first-order valence-electron chi connectivity index (χ1n) is 9.04. The minimum absolute atomic E-state index is 0.0334. The molecular weight excluding hydrogens is 344 g/mol. The summed E-state index contributed by atoms with van der Waals surface area (Å²) >= 11 is 0. The fourth-order valence-electron chi connectivity index (χ4n) is 3.53. The number of rotatable bonds is 7. The van der Waals surface area contributed by atoms with Crippen LogP contribution in [0.1, 0.15) is 24.4 Å². The number of likely N-dealkylation sites (tertiary alicyclic amines) is 1. The quantitative estimate of drug-likeness (QED) is 0.808. The number of anilines is 1. The van der Waals surface area contributed by atoms with Gasteiger partial charge in [-0.2, -0.15) is 0 Å². The minimum atomic E-state index is -0.0334. The lowest BCUT2D eigenvalue weighted by atomic mass is 10.0. The van der Waals surface area contributed by atoms with Gasteiger partial charge in [-0.05, 0) is 61.9 Å². The van der Waals surface area contributed by atoms with Crippen LogP contribution in [0, 0.1) is 0 Å². The van der Waals surface area contributed by atoms with E-state index in [4.69, 9.17) is 14.2 Å². The Morgan fingerprint density at radius 2 is 1.74 bits per heavy atom. The molecule has 1 atom stereocenters. The van der Waals surface area contributed by atoms with Gasteiger partial charge in [0.05, 0.1) is 27.9 Å². The van der Waals surface area contributed by atoms with Gasteiger partial charge in [0.1, 0.15) is 17.2 Å². The predicted molar refractivity (Wildman–Crippen MR) is 105 cm³/mol. The van der Waals surface area contributed by atoms with E-state index in [9.17, 15) is 4.79 Å². The summed E-state index contributed by atoms with van der Waals surface area (Å²) < 4.78 is 16.0.